The lowest BCUT2D eigenvalue weighted by Crippen LogP contribution is -2.00. The van der Waals surface area contributed by atoms with E-state index in [2.05, 4.69) is 88.4 Å². The first-order valence-electron chi connectivity index (χ1n) is 10.3. The van der Waals surface area contributed by atoms with Crippen LogP contribution < -0.4 is 0 Å². The molecule has 3 aromatic carbocycles. The lowest BCUT2D eigenvalue weighted by Gasteiger charge is -2.15. The Labute approximate surface area is 182 Å². The first kappa shape index (κ1) is 18.8. The van der Waals surface area contributed by atoms with Gasteiger partial charge in [0.1, 0.15) is 0 Å². The van der Waals surface area contributed by atoms with Crippen LogP contribution in [0.3, 0.4) is 0 Å². The second-order valence-corrected chi connectivity index (χ2v) is 7.21. The molecule has 2 heterocycles. The summed E-state index contributed by atoms with van der Waals surface area (Å²) in [4.78, 5) is 8.88. The van der Waals surface area contributed by atoms with Crippen LogP contribution in [0.1, 0.15) is 5.56 Å². The number of hydrogen-bond acceptors (Lipinski definition) is 2. The van der Waals surface area contributed by atoms with Crippen LogP contribution in [0, 0.1) is 0 Å². The van der Waals surface area contributed by atoms with E-state index < -0.39 is 0 Å². The summed E-state index contributed by atoms with van der Waals surface area (Å²) in [6, 6.07) is 37.5. The van der Waals surface area contributed by atoms with E-state index in [1.54, 1.807) is 12.4 Å². The molecule has 0 fully saturated rings. The van der Waals surface area contributed by atoms with Crippen molar-refractivity contribution in [1.29, 1.82) is 0 Å². The average Bonchev–Trinajstić information content (AvgIpc) is 3.24. The topological polar surface area (TPSA) is 30.2 Å². The van der Waals surface area contributed by atoms with Gasteiger partial charge in [-0.3, -0.25) is 9.98 Å². The fourth-order valence-electron chi connectivity index (χ4n) is 3.76. The third-order valence-electron chi connectivity index (χ3n) is 5.16. The van der Waals surface area contributed by atoms with Gasteiger partial charge in [-0.1, -0.05) is 78.9 Å². The molecule has 0 atom stereocenters. The number of rotatable bonds is 5. The minimum Gasteiger partial charge on any atom is -0.309 e. The monoisotopic (exact) mass is 399 g/mol. The normalized spacial score (nSPS) is 11.1. The lowest BCUT2D eigenvalue weighted by atomic mass is 10.1. The van der Waals surface area contributed by atoms with Crippen LogP contribution in [-0.2, 0) is 0 Å². The Balaban J connectivity index is 1.78. The fourth-order valence-corrected chi connectivity index (χ4v) is 3.76. The Morgan fingerprint density at radius 2 is 1.32 bits per heavy atom. The molecule has 0 aliphatic heterocycles. The van der Waals surface area contributed by atoms with Crippen LogP contribution in [0.5, 0.6) is 0 Å². The summed E-state index contributed by atoms with van der Waals surface area (Å²) in [6.07, 6.45) is 5.46. The summed E-state index contributed by atoms with van der Waals surface area (Å²) < 4.78 is 2.31. The largest absolute Gasteiger partial charge is 0.309 e. The Hall–Kier alpha value is -4.24. The highest BCUT2D eigenvalue weighted by molar-refractivity contribution is 5.94. The van der Waals surface area contributed by atoms with Crippen molar-refractivity contribution in [1.82, 2.24) is 9.55 Å². The first-order valence-corrected chi connectivity index (χ1v) is 10.3. The van der Waals surface area contributed by atoms with Gasteiger partial charge in [0.25, 0.3) is 0 Å². The maximum atomic E-state index is 4.70. The van der Waals surface area contributed by atoms with Crippen molar-refractivity contribution in [2.45, 2.75) is 0 Å². The van der Waals surface area contributed by atoms with Crippen molar-refractivity contribution in [3.63, 3.8) is 0 Å². The third-order valence-corrected chi connectivity index (χ3v) is 5.16. The number of aromatic nitrogens is 2. The first-order chi connectivity index (χ1) is 15.4. The molecule has 0 saturated heterocycles. The summed E-state index contributed by atoms with van der Waals surface area (Å²) in [7, 11) is 0. The molecule has 5 aromatic rings. The fraction of sp³-hybridized carbons (Fsp3) is 0. The molecule has 0 bridgehead atoms. The van der Waals surface area contributed by atoms with Crippen LogP contribution in [0.15, 0.2) is 127 Å². The van der Waals surface area contributed by atoms with Gasteiger partial charge in [-0.25, -0.2) is 0 Å². The molecule has 0 radical (unpaired) electrons. The molecule has 0 amide bonds. The van der Waals surface area contributed by atoms with Gasteiger partial charge in [0.05, 0.1) is 23.3 Å². The summed E-state index contributed by atoms with van der Waals surface area (Å²) in [5.41, 5.74) is 7.52. The zero-order valence-corrected chi connectivity index (χ0v) is 17.0. The van der Waals surface area contributed by atoms with Gasteiger partial charge in [0.15, 0.2) is 0 Å². The highest BCUT2D eigenvalue weighted by atomic mass is 15.0. The van der Waals surface area contributed by atoms with Crippen LogP contribution in [-0.4, -0.2) is 15.8 Å². The van der Waals surface area contributed by atoms with Gasteiger partial charge in [-0.2, -0.15) is 0 Å². The van der Waals surface area contributed by atoms with Crippen LogP contribution >= 0.6 is 0 Å². The van der Waals surface area contributed by atoms with E-state index in [-0.39, 0.29) is 0 Å². The molecule has 148 valence electrons. The molecule has 0 unspecified atom stereocenters. The van der Waals surface area contributed by atoms with Crippen molar-refractivity contribution in [2.24, 2.45) is 4.99 Å². The highest BCUT2D eigenvalue weighted by Crippen LogP contribution is 2.35. The minimum absolute atomic E-state index is 0.829. The highest BCUT2D eigenvalue weighted by Gasteiger charge is 2.18. The second kappa shape index (κ2) is 8.64. The Morgan fingerprint density at radius 1 is 0.677 bits per heavy atom. The van der Waals surface area contributed by atoms with E-state index in [1.807, 2.05) is 36.5 Å². The molecule has 3 heteroatoms. The Morgan fingerprint density at radius 3 is 1.97 bits per heavy atom. The predicted octanol–water partition coefficient (Wildman–Crippen LogP) is 6.96. The quantitative estimate of drug-likeness (QED) is 0.294. The van der Waals surface area contributed by atoms with Gasteiger partial charge in [0.2, 0.25) is 0 Å². The number of aliphatic imine (C=N–C) groups is 1. The van der Waals surface area contributed by atoms with Crippen molar-refractivity contribution in [3.8, 4) is 28.2 Å². The number of hydrogen-bond donors (Lipinski definition) is 0. The van der Waals surface area contributed by atoms with Crippen molar-refractivity contribution in [2.75, 3.05) is 0 Å². The second-order valence-electron chi connectivity index (χ2n) is 7.21. The molecular formula is C28H21N3. The molecule has 5 rings (SSSR count). The summed E-state index contributed by atoms with van der Waals surface area (Å²) >= 11 is 0. The van der Waals surface area contributed by atoms with E-state index in [0.717, 1.165) is 39.5 Å². The van der Waals surface area contributed by atoms with Crippen LogP contribution in [0.4, 0.5) is 5.69 Å². The smallest absolute Gasteiger partial charge is 0.0813 e. The minimum atomic E-state index is 0.829. The zero-order valence-electron chi connectivity index (χ0n) is 17.0. The number of nitrogens with zero attached hydrogens (tertiary/aromatic N) is 3. The molecule has 31 heavy (non-hydrogen) atoms. The molecule has 0 aliphatic rings. The lowest BCUT2D eigenvalue weighted by molar-refractivity contribution is 1.09. The van der Waals surface area contributed by atoms with E-state index in [1.165, 1.54) is 0 Å². The molecule has 3 nitrogen and oxygen atoms in total. The van der Waals surface area contributed by atoms with Gasteiger partial charge in [0, 0.05) is 23.7 Å². The van der Waals surface area contributed by atoms with Gasteiger partial charge in [-0.05, 0) is 41.5 Å². The molecule has 0 aliphatic carbocycles. The molecule has 2 aromatic heterocycles. The summed E-state index contributed by atoms with van der Waals surface area (Å²) in [6.45, 7) is 0. The molecule has 0 N–H and O–H groups in total. The van der Waals surface area contributed by atoms with Crippen LogP contribution in [0.2, 0.25) is 0 Å². The predicted molar refractivity (Wildman–Crippen MR) is 128 cm³/mol. The molecular weight excluding hydrogens is 378 g/mol. The average molecular weight is 399 g/mol. The number of benzene rings is 3. The van der Waals surface area contributed by atoms with Crippen molar-refractivity contribution >= 4 is 11.9 Å². The van der Waals surface area contributed by atoms with Crippen molar-refractivity contribution in [3.05, 3.63) is 127 Å². The van der Waals surface area contributed by atoms with E-state index in [0.29, 0.717) is 0 Å². The van der Waals surface area contributed by atoms with Crippen LogP contribution in [0.25, 0.3) is 28.2 Å². The van der Waals surface area contributed by atoms with Gasteiger partial charge >= 0.3 is 0 Å². The maximum Gasteiger partial charge on any atom is 0.0813 e. The summed E-state index contributed by atoms with van der Waals surface area (Å²) in [5, 5.41) is 0. The number of pyridine rings is 1. The third kappa shape index (κ3) is 3.94. The summed E-state index contributed by atoms with van der Waals surface area (Å²) in [5.74, 6) is 0. The Bertz CT molecular complexity index is 1290. The SMILES string of the molecule is C(=Nc1cccnc1)c1cc(-c2ccccc2)n(-c2ccccc2)c1-c1ccccc1. The zero-order chi connectivity index (χ0) is 20.9. The number of para-hydroxylation sites is 1. The van der Waals surface area contributed by atoms with E-state index in [4.69, 9.17) is 4.99 Å². The van der Waals surface area contributed by atoms with Gasteiger partial charge in [-0.15, -0.1) is 0 Å². The molecule has 0 saturated carbocycles. The maximum absolute atomic E-state index is 4.70. The van der Waals surface area contributed by atoms with E-state index in [9.17, 15) is 0 Å². The molecule has 0 spiro atoms. The van der Waals surface area contributed by atoms with Crippen molar-refractivity contribution < 1.29 is 0 Å². The Kier molecular flexibility index (Phi) is 5.23. The standard InChI is InChI=1S/C28H21N3/c1-4-11-22(12-5-1)27-19-24(20-30-25-15-10-18-29-21-25)28(23-13-6-2-7-14-23)31(27)26-16-8-3-9-17-26/h1-21H. The van der Waals surface area contributed by atoms with Gasteiger partial charge < -0.3 is 4.57 Å². The van der Waals surface area contributed by atoms with E-state index >= 15 is 0 Å².